The minimum absolute atomic E-state index is 0.735. The topological polar surface area (TPSA) is 47.3 Å². The first kappa shape index (κ1) is 16.0. The van der Waals surface area contributed by atoms with E-state index in [0.29, 0.717) is 0 Å². The molecular formula is C16H21ClN2O2. The van der Waals surface area contributed by atoms with Gasteiger partial charge in [0.2, 0.25) is 0 Å². The molecule has 1 heterocycles. The summed E-state index contributed by atoms with van der Waals surface area (Å²) < 4.78 is 10.8. The molecule has 1 N–H and O–H groups in total. The predicted octanol–water partition coefficient (Wildman–Crippen LogP) is 3.47. The third-order valence-electron chi connectivity index (χ3n) is 3.22. The van der Waals surface area contributed by atoms with Crippen molar-refractivity contribution >= 4 is 11.6 Å². The van der Waals surface area contributed by atoms with Crippen LogP contribution in [0.5, 0.6) is 0 Å². The lowest BCUT2D eigenvalue weighted by Crippen LogP contribution is -2.20. The number of ether oxygens (including phenoxy) is 1. The maximum atomic E-state index is 6.03. The van der Waals surface area contributed by atoms with Crippen LogP contribution >= 0.6 is 11.6 Å². The Kier molecular flexibility index (Phi) is 6.23. The molecule has 1 aromatic carbocycles. The highest BCUT2D eigenvalue weighted by atomic mass is 35.5. The molecule has 1 aromatic heterocycles. The van der Waals surface area contributed by atoms with Crippen LogP contribution in [0.25, 0.3) is 11.3 Å². The van der Waals surface area contributed by atoms with Crippen molar-refractivity contribution in [1.82, 2.24) is 10.3 Å². The highest BCUT2D eigenvalue weighted by molar-refractivity contribution is 6.31. The fourth-order valence-corrected chi connectivity index (χ4v) is 2.14. The van der Waals surface area contributed by atoms with E-state index in [9.17, 15) is 0 Å². The Labute approximate surface area is 130 Å². The summed E-state index contributed by atoms with van der Waals surface area (Å²) in [4.78, 5) is 4.33. The van der Waals surface area contributed by atoms with Crippen molar-refractivity contribution in [3.63, 3.8) is 0 Å². The van der Waals surface area contributed by atoms with Gasteiger partial charge in [-0.1, -0.05) is 11.6 Å². The largest absolute Gasteiger partial charge is 0.441 e. The average molecular weight is 309 g/mol. The number of nitrogens with one attached hydrogen (secondary N) is 1. The van der Waals surface area contributed by atoms with Crippen molar-refractivity contribution in [2.75, 3.05) is 26.8 Å². The van der Waals surface area contributed by atoms with Gasteiger partial charge in [0.25, 0.3) is 0 Å². The zero-order chi connectivity index (χ0) is 15.1. The Morgan fingerprint density at radius 1 is 1.33 bits per heavy atom. The predicted molar refractivity (Wildman–Crippen MR) is 84.8 cm³/mol. The van der Waals surface area contributed by atoms with E-state index in [4.69, 9.17) is 20.8 Å². The standard InChI is InChI=1S/C16H21ClN2O2/c1-12-10-13(5-6-14(12)17)15-11-19-16(21-15)4-3-7-18-8-9-20-2/h5-6,10-11,18H,3-4,7-9H2,1-2H3. The van der Waals surface area contributed by atoms with E-state index in [0.717, 1.165) is 60.3 Å². The first-order valence-electron chi connectivity index (χ1n) is 7.11. The molecule has 0 saturated carbocycles. The molecule has 0 bridgehead atoms. The number of benzene rings is 1. The molecule has 0 saturated heterocycles. The van der Waals surface area contributed by atoms with Crippen molar-refractivity contribution in [3.8, 4) is 11.3 Å². The monoisotopic (exact) mass is 308 g/mol. The minimum atomic E-state index is 0.735. The van der Waals surface area contributed by atoms with Gasteiger partial charge in [-0.3, -0.25) is 0 Å². The summed E-state index contributed by atoms with van der Waals surface area (Å²) in [7, 11) is 1.70. The molecule has 0 atom stereocenters. The Morgan fingerprint density at radius 3 is 2.95 bits per heavy atom. The van der Waals surface area contributed by atoms with Gasteiger partial charge in [-0.2, -0.15) is 0 Å². The van der Waals surface area contributed by atoms with Crippen LogP contribution in [0.15, 0.2) is 28.8 Å². The van der Waals surface area contributed by atoms with Gasteiger partial charge in [0.1, 0.15) is 0 Å². The summed E-state index contributed by atoms with van der Waals surface area (Å²) >= 11 is 6.03. The number of aromatic nitrogens is 1. The lowest BCUT2D eigenvalue weighted by molar-refractivity contribution is 0.199. The summed E-state index contributed by atoms with van der Waals surface area (Å²) in [5, 5.41) is 4.06. The minimum Gasteiger partial charge on any atom is -0.441 e. The summed E-state index contributed by atoms with van der Waals surface area (Å²) in [6.45, 7) is 4.52. The molecule has 4 nitrogen and oxygen atoms in total. The van der Waals surface area contributed by atoms with Gasteiger partial charge in [-0.25, -0.2) is 4.98 Å². The Balaban J connectivity index is 1.85. The van der Waals surface area contributed by atoms with Crippen LogP contribution in [-0.4, -0.2) is 31.8 Å². The number of hydrogen-bond acceptors (Lipinski definition) is 4. The van der Waals surface area contributed by atoms with Crippen molar-refractivity contribution in [2.45, 2.75) is 19.8 Å². The van der Waals surface area contributed by atoms with E-state index in [1.807, 2.05) is 25.1 Å². The van der Waals surface area contributed by atoms with E-state index in [2.05, 4.69) is 10.3 Å². The van der Waals surface area contributed by atoms with Gasteiger partial charge in [-0.05, 0) is 43.7 Å². The third kappa shape index (κ3) is 4.84. The Bertz CT molecular complexity index is 569. The smallest absolute Gasteiger partial charge is 0.194 e. The molecule has 0 unspecified atom stereocenters. The zero-order valence-electron chi connectivity index (χ0n) is 12.5. The third-order valence-corrected chi connectivity index (χ3v) is 3.65. The molecule has 5 heteroatoms. The van der Waals surface area contributed by atoms with Gasteiger partial charge in [0.05, 0.1) is 12.8 Å². The van der Waals surface area contributed by atoms with E-state index in [1.54, 1.807) is 13.3 Å². The summed E-state index contributed by atoms with van der Waals surface area (Å²) in [5.74, 6) is 1.56. The number of nitrogens with zero attached hydrogens (tertiary/aromatic N) is 1. The number of rotatable bonds is 8. The first-order chi connectivity index (χ1) is 10.2. The second kappa shape index (κ2) is 8.17. The van der Waals surface area contributed by atoms with Crippen LogP contribution < -0.4 is 5.32 Å². The fraction of sp³-hybridized carbons (Fsp3) is 0.438. The fourth-order valence-electron chi connectivity index (χ4n) is 2.02. The number of methoxy groups -OCH3 is 1. The van der Waals surface area contributed by atoms with Crippen molar-refractivity contribution < 1.29 is 9.15 Å². The lowest BCUT2D eigenvalue weighted by atomic mass is 10.1. The van der Waals surface area contributed by atoms with E-state index < -0.39 is 0 Å². The molecule has 0 radical (unpaired) electrons. The number of halogens is 1. The molecule has 0 aliphatic carbocycles. The second-order valence-electron chi connectivity index (χ2n) is 4.93. The van der Waals surface area contributed by atoms with Gasteiger partial charge in [-0.15, -0.1) is 0 Å². The number of hydrogen-bond donors (Lipinski definition) is 1. The summed E-state index contributed by atoms with van der Waals surface area (Å²) in [6.07, 6.45) is 3.59. The van der Waals surface area contributed by atoms with Crippen LogP contribution in [-0.2, 0) is 11.2 Å². The quantitative estimate of drug-likeness (QED) is 0.759. The van der Waals surface area contributed by atoms with Crippen molar-refractivity contribution in [2.24, 2.45) is 0 Å². The molecule has 0 fully saturated rings. The lowest BCUT2D eigenvalue weighted by Gasteiger charge is -2.02. The van der Waals surface area contributed by atoms with Crippen LogP contribution in [0.4, 0.5) is 0 Å². The van der Waals surface area contributed by atoms with E-state index in [1.165, 1.54) is 0 Å². The molecule has 0 amide bonds. The maximum Gasteiger partial charge on any atom is 0.194 e. The molecule has 0 aliphatic heterocycles. The number of aryl methyl sites for hydroxylation is 2. The molecule has 2 aromatic rings. The van der Waals surface area contributed by atoms with Crippen molar-refractivity contribution in [1.29, 1.82) is 0 Å². The highest BCUT2D eigenvalue weighted by Crippen LogP contribution is 2.25. The number of oxazole rings is 1. The molecule has 21 heavy (non-hydrogen) atoms. The Hall–Kier alpha value is -1.36. The zero-order valence-corrected chi connectivity index (χ0v) is 13.2. The van der Waals surface area contributed by atoms with E-state index in [-0.39, 0.29) is 0 Å². The van der Waals surface area contributed by atoms with Gasteiger partial charge in [0.15, 0.2) is 11.7 Å². The SMILES string of the molecule is COCCNCCCc1ncc(-c2ccc(Cl)c(C)c2)o1. The average Bonchev–Trinajstić information content (AvgIpc) is 2.94. The normalized spacial score (nSPS) is 11.0. The molecule has 114 valence electrons. The van der Waals surface area contributed by atoms with Gasteiger partial charge < -0.3 is 14.5 Å². The molecule has 0 spiro atoms. The summed E-state index contributed by atoms with van der Waals surface area (Å²) in [6, 6.07) is 5.85. The van der Waals surface area contributed by atoms with Crippen LogP contribution in [0, 0.1) is 6.92 Å². The van der Waals surface area contributed by atoms with Crippen molar-refractivity contribution in [3.05, 3.63) is 40.9 Å². The highest BCUT2D eigenvalue weighted by Gasteiger charge is 2.07. The maximum absolute atomic E-state index is 6.03. The van der Waals surface area contributed by atoms with Crippen LogP contribution in [0.2, 0.25) is 5.02 Å². The van der Waals surface area contributed by atoms with Gasteiger partial charge >= 0.3 is 0 Å². The second-order valence-corrected chi connectivity index (χ2v) is 5.34. The van der Waals surface area contributed by atoms with E-state index >= 15 is 0 Å². The summed E-state index contributed by atoms with van der Waals surface area (Å²) in [5.41, 5.74) is 2.04. The molecular weight excluding hydrogens is 288 g/mol. The van der Waals surface area contributed by atoms with Crippen LogP contribution in [0.3, 0.4) is 0 Å². The van der Waals surface area contributed by atoms with Crippen LogP contribution in [0.1, 0.15) is 17.9 Å². The Morgan fingerprint density at radius 2 is 2.19 bits per heavy atom. The van der Waals surface area contributed by atoms with Gasteiger partial charge in [0, 0.05) is 30.7 Å². The first-order valence-corrected chi connectivity index (χ1v) is 7.49. The molecule has 0 aliphatic rings. The molecule has 2 rings (SSSR count).